The summed E-state index contributed by atoms with van der Waals surface area (Å²) in [5.41, 5.74) is 0.0868. The molecule has 0 saturated heterocycles. The van der Waals surface area contributed by atoms with Gasteiger partial charge in [-0.05, 0) is 29.8 Å². The first-order chi connectivity index (χ1) is 9.50. The van der Waals surface area contributed by atoms with Gasteiger partial charge in [-0.2, -0.15) is 0 Å². The molecule has 2 aromatic carbocycles. The molecule has 7 heteroatoms. The van der Waals surface area contributed by atoms with Crippen LogP contribution in [0.5, 0.6) is 0 Å². The molecule has 114 valence electrons. The topological polar surface area (TPSA) is 0 Å². The van der Waals surface area contributed by atoms with Crippen molar-refractivity contribution in [2.45, 2.75) is 4.90 Å². The molecule has 0 radical (unpaired) electrons. The summed E-state index contributed by atoms with van der Waals surface area (Å²) in [5, 5.41) is -1.05. The molecular formula is C14H10Cl2F4S. The standard InChI is InChI=1S/C14H10Cl2F4S/c15-12-6-8-13(9-7-12)21(17,18,19,20)10-14(16)11-4-2-1-3-5-11/h1-10H/b14-10+. The van der Waals surface area contributed by atoms with E-state index in [2.05, 4.69) is 0 Å². The summed E-state index contributed by atoms with van der Waals surface area (Å²) in [7, 11) is -8.63. The van der Waals surface area contributed by atoms with Crippen LogP contribution in [0.25, 0.3) is 5.03 Å². The van der Waals surface area contributed by atoms with Crippen LogP contribution in [0.4, 0.5) is 15.5 Å². The second-order valence-electron chi connectivity index (χ2n) is 4.42. The van der Waals surface area contributed by atoms with Gasteiger partial charge in [0, 0.05) is 5.02 Å². The highest BCUT2D eigenvalue weighted by atomic mass is 35.5. The van der Waals surface area contributed by atoms with Crippen molar-refractivity contribution in [2.75, 3.05) is 0 Å². The largest absolute Gasteiger partial charge is 0.205 e. The Morgan fingerprint density at radius 2 is 1.38 bits per heavy atom. The molecule has 2 aromatic rings. The van der Waals surface area contributed by atoms with Crippen LogP contribution in [0.3, 0.4) is 0 Å². The fourth-order valence-corrected chi connectivity index (χ4v) is 3.84. The molecule has 0 nitrogen and oxygen atoms in total. The van der Waals surface area contributed by atoms with Gasteiger partial charge in [0.15, 0.2) is 0 Å². The van der Waals surface area contributed by atoms with E-state index in [0.717, 1.165) is 12.1 Å². The molecule has 21 heavy (non-hydrogen) atoms. The van der Waals surface area contributed by atoms with Gasteiger partial charge in [0.05, 0.1) is 15.3 Å². The van der Waals surface area contributed by atoms with Crippen LogP contribution in [0.2, 0.25) is 5.02 Å². The minimum Gasteiger partial charge on any atom is -0.117 e. The maximum Gasteiger partial charge on any atom is 0.205 e. The molecule has 0 amide bonds. The van der Waals surface area contributed by atoms with E-state index < -0.39 is 25.2 Å². The Labute approximate surface area is 129 Å². The van der Waals surface area contributed by atoms with Crippen LogP contribution in [-0.4, -0.2) is 0 Å². The van der Waals surface area contributed by atoms with Gasteiger partial charge < -0.3 is 0 Å². The quantitative estimate of drug-likeness (QED) is 0.504. The molecule has 0 spiro atoms. The van der Waals surface area contributed by atoms with E-state index in [1.807, 2.05) is 0 Å². The van der Waals surface area contributed by atoms with Crippen molar-refractivity contribution in [3.63, 3.8) is 0 Å². The van der Waals surface area contributed by atoms with Crippen molar-refractivity contribution < 1.29 is 15.5 Å². The van der Waals surface area contributed by atoms with Crippen molar-refractivity contribution >= 4 is 38.1 Å². The summed E-state index contributed by atoms with van der Waals surface area (Å²) < 4.78 is 56.7. The molecular weight excluding hydrogens is 347 g/mol. The highest BCUT2D eigenvalue weighted by molar-refractivity contribution is 8.52. The number of halogens is 6. The van der Waals surface area contributed by atoms with E-state index in [-0.39, 0.29) is 10.6 Å². The van der Waals surface area contributed by atoms with Crippen LogP contribution in [0, 0.1) is 0 Å². The lowest BCUT2D eigenvalue weighted by Gasteiger charge is -2.47. The molecule has 0 atom stereocenters. The van der Waals surface area contributed by atoms with Crippen molar-refractivity contribution in [3.8, 4) is 0 Å². The molecule has 0 aliphatic rings. The summed E-state index contributed by atoms with van der Waals surface area (Å²) in [4.78, 5) is -1.39. The third kappa shape index (κ3) is 3.73. The third-order valence-corrected chi connectivity index (χ3v) is 5.37. The Hall–Kier alpha value is -1.17. The van der Waals surface area contributed by atoms with Crippen molar-refractivity contribution in [3.05, 3.63) is 70.6 Å². The minimum atomic E-state index is -8.63. The van der Waals surface area contributed by atoms with E-state index in [9.17, 15) is 15.5 Å². The van der Waals surface area contributed by atoms with Gasteiger partial charge in [0.1, 0.15) is 0 Å². The Balaban J connectivity index is 2.59. The van der Waals surface area contributed by atoms with Gasteiger partial charge in [-0.1, -0.05) is 53.5 Å². The lowest BCUT2D eigenvalue weighted by Crippen LogP contribution is -2.10. The highest BCUT2D eigenvalue weighted by Gasteiger charge is 2.62. The van der Waals surface area contributed by atoms with Crippen LogP contribution in [-0.2, 0) is 0 Å². The lowest BCUT2D eigenvalue weighted by atomic mass is 10.2. The average Bonchev–Trinajstić information content (AvgIpc) is 2.38. The predicted molar refractivity (Wildman–Crippen MR) is 82.0 cm³/mol. The fraction of sp³-hybridized carbons (Fsp3) is 0. The van der Waals surface area contributed by atoms with Crippen molar-refractivity contribution in [2.24, 2.45) is 0 Å². The van der Waals surface area contributed by atoms with E-state index in [1.54, 1.807) is 6.07 Å². The molecule has 0 aliphatic carbocycles. The first-order valence-electron chi connectivity index (χ1n) is 5.71. The molecule has 0 unspecified atom stereocenters. The number of benzene rings is 2. The molecule has 0 fully saturated rings. The van der Waals surface area contributed by atoms with Gasteiger partial charge in [0.2, 0.25) is 9.84 Å². The van der Waals surface area contributed by atoms with Crippen molar-refractivity contribution in [1.29, 1.82) is 0 Å². The Morgan fingerprint density at radius 3 is 1.90 bits per heavy atom. The predicted octanol–water partition coefficient (Wildman–Crippen LogP) is 7.35. The first kappa shape index (κ1) is 16.2. The van der Waals surface area contributed by atoms with Crippen LogP contribution in [0.1, 0.15) is 5.56 Å². The van der Waals surface area contributed by atoms with Gasteiger partial charge in [0.25, 0.3) is 0 Å². The second kappa shape index (κ2) is 4.66. The monoisotopic (exact) mass is 356 g/mol. The first-order valence-corrected chi connectivity index (χ1v) is 8.58. The zero-order chi connectivity index (χ0) is 15.8. The third-order valence-electron chi connectivity index (χ3n) is 2.70. The molecule has 0 heterocycles. The minimum absolute atomic E-state index is 0.0868. The Kier molecular flexibility index (Phi) is 3.60. The number of rotatable bonds is 3. The van der Waals surface area contributed by atoms with E-state index >= 15 is 0 Å². The highest BCUT2D eigenvalue weighted by Crippen LogP contribution is 3.02. The maximum atomic E-state index is 14.2. The van der Waals surface area contributed by atoms with Crippen LogP contribution >= 0.6 is 33.0 Å². The zero-order valence-corrected chi connectivity index (χ0v) is 12.8. The number of hydrogen-bond donors (Lipinski definition) is 0. The smallest absolute Gasteiger partial charge is 0.117 e. The normalized spacial score (nSPS) is 16.2. The second-order valence-corrected chi connectivity index (χ2v) is 8.23. The van der Waals surface area contributed by atoms with E-state index in [1.165, 1.54) is 24.3 Å². The van der Waals surface area contributed by atoms with Gasteiger partial charge in [-0.3, -0.25) is 0 Å². The Bertz CT molecular complexity index is 690. The SMILES string of the molecule is FS(F)(F)(F)(/C=C(/Cl)c1ccccc1)c1ccc(Cl)cc1. The molecule has 0 aliphatic heterocycles. The van der Waals surface area contributed by atoms with Gasteiger partial charge in [-0.25, -0.2) is 0 Å². The average molecular weight is 357 g/mol. The van der Waals surface area contributed by atoms with E-state index in [4.69, 9.17) is 23.2 Å². The summed E-state index contributed by atoms with van der Waals surface area (Å²) in [6, 6.07) is 10.6. The number of hydrogen-bond acceptors (Lipinski definition) is 0. The maximum absolute atomic E-state index is 14.2. The molecule has 0 aromatic heterocycles. The van der Waals surface area contributed by atoms with Gasteiger partial charge >= 0.3 is 0 Å². The van der Waals surface area contributed by atoms with Crippen LogP contribution < -0.4 is 0 Å². The summed E-state index contributed by atoms with van der Waals surface area (Å²) >= 11 is 11.2. The van der Waals surface area contributed by atoms with E-state index in [0.29, 0.717) is 12.1 Å². The molecule has 0 N–H and O–H groups in total. The summed E-state index contributed by atoms with van der Waals surface area (Å²) in [5.74, 6) is 0. The van der Waals surface area contributed by atoms with Crippen molar-refractivity contribution in [1.82, 2.24) is 0 Å². The zero-order valence-electron chi connectivity index (χ0n) is 10.4. The summed E-state index contributed by atoms with van der Waals surface area (Å²) in [6.07, 6.45) is 0. The molecule has 0 saturated carbocycles. The van der Waals surface area contributed by atoms with Gasteiger partial charge in [-0.15, -0.1) is 15.5 Å². The lowest BCUT2D eigenvalue weighted by molar-refractivity contribution is 0.466. The summed E-state index contributed by atoms with van der Waals surface area (Å²) in [6.45, 7) is 0. The van der Waals surface area contributed by atoms with Crippen LogP contribution in [0.15, 0.2) is 64.9 Å². The molecule has 2 rings (SSSR count). The molecule has 0 bridgehead atoms. The Morgan fingerprint density at radius 1 is 0.857 bits per heavy atom. The fourth-order valence-electron chi connectivity index (χ4n) is 1.66.